The van der Waals surface area contributed by atoms with Gasteiger partial charge in [0, 0.05) is 25.9 Å². The first kappa shape index (κ1) is 14.8. The zero-order chi connectivity index (χ0) is 15.2. The Balaban J connectivity index is 2.12. The Labute approximate surface area is 123 Å². The van der Waals surface area contributed by atoms with Crippen molar-refractivity contribution < 1.29 is 9.66 Å². The SMILES string of the molecule is COc1ccccc1CCN(C)c1ncccc1[N+](=O)[O-]. The lowest BCUT2D eigenvalue weighted by molar-refractivity contribution is -0.384. The molecule has 6 nitrogen and oxygen atoms in total. The molecular weight excluding hydrogens is 270 g/mol. The predicted molar refractivity (Wildman–Crippen MR) is 80.9 cm³/mol. The first-order valence-corrected chi connectivity index (χ1v) is 6.56. The van der Waals surface area contributed by atoms with Crippen molar-refractivity contribution in [1.29, 1.82) is 0 Å². The van der Waals surface area contributed by atoms with E-state index in [1.165, 1.54) is 6.07 Å². The summed E-state index contributed by atoms with van der Waals surface area (Å²) < 4.78 is 5.30. The molecule has 0 fully saturated rings. The number of nitro groups is 1. The number of anilines is 1. The van der Waals surface area contributed by atoms with E-state index in [4.69, 9.17) is 4.74 Å². The molecule has 110 valence electrons. The molecule has 1 aromatic carbocycles. The molecule has 2 aromatic rings. The largest absolute Gasteiger partial charge is 0.496 e. The van der Waals surface area contributed by atoms with Crippen LogP contribution in [0.15, 0.2) is 42.6 Å². The smallest absolute Gasteiger partial charge is 0.311 e. The summed E-state index contributed by atoms with van der Waals surface area (Å²) in [7, 11) is 3.43. The Morgan fingerprint density at radius 2 is 2.05 bits per heavy atom. The second-order valence-electron chi connectivity index (χ2n) is 4.59. The fourth-order valence-electron chi connectivity index (χ4n) is 2.13. The van der Waals surface area contributed by atoms with E-state index in [1.54, 1.807) is 31.3 Å². The van der Waals surface area contributed by atoms with Crippen molar-refractivity contribution in [2.45, 2.75) is 6.42 Å². The van der Waals surface area contributed by atoms with Gasteiger partial charge in [0.25, 0.3) is 0 Å². The number of nitrogens with zero attached hydrogens (tertiary/aromatic N) is 3. The van der Waals surface area contributed by atoms with Gasteiger partial charge >= 0.3 is 5.69 Å². The zero-order valence-corrected chi connectivity index (χ0v) is 12.0. The maximum Gasteiger partial charge on any atom is 0.311 e. The normalized spacial score (nSPS) is 10.2. The molecule has 1 heterocycles. The average Bonchev–Trinajstić information content (AvgIpc) is 2.52. The van der Waals surface area contributed by atoms with Crippen LogP contribution in [0.2, 0.25) is 0 Å². The minimum atomic E-state index is -0.415. The molecule has 0 amide bonds. The summed E-state index contributed by atoms with van der Waals surface area (Å²) in [6, 6.07) is 10.8. The maximum atomic E-state index is 11.0. The first-order chi connectivity index (χ1) is 10.1. The van der Waals surface area contributed by atoms with E-state index in [2.05, 4.69) is 4.98 Å². The van der Waals surface area contributed by atoms with Gasteiger partial charge in [-0.2, -0.15) is 0 Å². The lowest BCUT2D eigenvalue weighted by Crippen LogP contribution is -2.22. The second-order valence-corrected chi connectivity index (χ2v) is 4.59. The number of hydrogen-bond donors (Lipinski definition) is 0. The van der Waals surface area contributed by atoms with Gasteiger partial charge in [0.2, 0.25) is 5.82 Å². The molecule has 6 heteroatoms. The van der Waals surface area contributed by atoms with Crippen LogP contribution in [0, 0.1) is 10.1 Å². The third-order valence-electron chi connectivity index (χ3n) is 3.23. The Kier molecular flexibility index (Phi) is 4.71. The molecule has 0 unspecified atom stereocenters. The van der Waals surface area contributed by atoms with Gasteiger partial charge < -0.3 is 9.64 Å². The van der Waals surface area contributed by atoms with E-state index in [1.807, 2.05) is 24.3 Å². The van der Waals surface area contributed by atoms with Crippen LogP contribution in [0.3, 0.4) is 0 Å². The number of methoxy groups -OCH3 is 1. The Morgan fingerprint density at radius 1 is 1.29 bits per heavy atom. The van der Waals surface area contributed by atoms with Crippen LogP contribution in [0.5, 0.6) is 5.75 Å². The zero-order valence-electron chi connectivity index (χ0n) is 12.0. The van der Waals surface area contributed by atoms with E-state index in [-0.39, 0.29) is 5.69 Å². The molecule has 0 saturated carbocycles. The van der Waals surface area contributed by atoms with Crippen molar-refractivity contribution in [2.75, 3.05) is 25.6 Å². The quantitative estimate of drug-likeness (QED) is 0.603. The van der Waals surface area contributed by atoms with Gasteiger partial charge in [-0.25, -0.2) is 4.98 Å². The van der Waals surface area contributed by atoms with E-state index < -0.39 is 4.92 Å². The predicted octanol–water partition coefficient (Wildman–Crippen LogP) is 2.68. The highest BCUT2D eigenvalue weighted by Gasteiger charge is 2.17. The fraction of sp³-hybridized carbons (Fsp3) is 0.267. The molecule has 0 N–H and O–H groups in total. The number of aromatic nitrogens is 1. The van der Waals surface area contributed by atoms with Crippen molar-refractivity contribution in [3.05, 3.63) is 58.3 Å². The standard InChI is InChI=1S/C15H17N3O3/c1-17(15-13(18(19)20)7-5-10-16-15)11-9-12-6-3-4-8-14(12)21-2/h3-8,10H,9,11H2,1-2H3. The molecule has 0 saturated heterocycles. The van der Waals surface area contributed by atoms with E-state index in [0.717, 1.165) is 11.3 Å². The van der Waals surface area contributed by atoms with Gasteiger partial charge in [-0.3, -0.25) is 10.1 Å². The minimum Gasteiger partial charge on any atom is -0.496 e. The Hall–Kier alpha value is -2.63. The molecule has 0 spiro atoms. The highest BCUT2D eigenvalue weighted by atomic mass is 16.6. The van der Waals surface area contributed by atoms with Crippen molar-refractivity contribution in [1.82, 2.24) is 4.98 Å². The summed E-state index contributed by atoms with van der Waals surface area (Å²) in [5.74, 6) is 1.19. The Morgan fingerprint density at radius 3 is 2.76 bits per heavy atom. The van der Waals surface area contributed by atoms with Crippen LogP contribution in [-0.4, -0.2) is 30.6 Å². The summed E-state index contributed by atoms with van der Waals surface area (Å²) in [5.41, 5.74) is 1.07. The molecule has 1 aromatic heterocycles. The minimum absolute atomic E-state index is 0.0139. The van der Waals surface area contributed by atoms with E-state index in [9.17, 15) is 10.1 Å². The lowest BCUT2D eigenvalue weighted by Gasteiger charge is -2.18. The molecule has 0 atom stereocenters. The third-order valence-corrected chi connectivity index (χ3v) is 3.23. The summed E-state index contributed by atoms with van der Waals surface area (Å²) in [4.78, 5) is 16.5. The van der Waals surface area contributed by atoms with Gasteiger partial charge in [-0.05, 0) is 24.1 Å². The monoisotopic (exact) mass is 287 g/mol. The van der Waals surface area contributed by atoms with E-state index >= 15 is 0 Å². The summed E-state index contributed by atoms with van der Waals surface area (Å²) in [5, 5.41) is 11.0. The second kappa shape index (κ2) is 6.69. The number of para-hydroxylation sites is 1. The molecule has 2 rings (SSSR count). The number of ether oxygens (including phenoxy) is 1. The number of hydrogen-bond acceptors (Lipinski definition) is 5. The molecule has 0 aliphatic heterocycles. The molecule has 0 aliphatic rings. The van der Waals surface area contributed by atoms with Crippen LogP contribution in [0.1, 0.15) is 5.56 Å². The fourth-order valence-corrected chi connectivity index (χ4v) is 2.13. The van der Waals surface area contributed by atoms with Crippen LogP contribution in [-0.2, 0) is 6.42 Å². The average molecular weight is 287 g/mol. The summed E-state index contributed by atoms with van der Waals surface area (Å²) in [6.45, 7) is 0.609. The van der Waals surface area contributed by atoms with Crippen molar-refractivity contribution in [3.63, 3.8) is 0 Å². The van der Waals surface area contributed by atoms with Gasteiger partial charge in [-0.1, -0.05) is 18.2 Å². The molecule has 0 radical (unpaired) electrons. The van der Waals surface area contributed by atoms with Gasteiger partial charge in [0.15, 0.2) is 0 Å². The van der Waals surface area contributed by atoms with Crippen molar-refractivity contribution in [2.24, 2.45) is 0 Å². The number of rotatable bonds is 6. The number of pyridine rings is 1. The molecule has 0 bridgehead atoms. The first-order valence-electron chi connectivity index (χ1n) is 6.56. The maximum absolute atomic E-state index is 11.0. The molecular formula is C15H17N3O3. The molecule has 0 aliphatic carbocycles. The van der Waals surface area contributed by atoms with Crippen molar-refractivity contribution in [3.8, 4) is 5.75 Å². The third kappa shape index (κ3) is 3.47. The topological polar surface area (TPSA) is 68.5 Å². The number of benzene rings is 1. The highest BCUT2D eigenvalue weighted by Crippen LogP contribution is 2.24. The molecule has 21 heavy (non-hydrogen) atoms. The van der Waals surface area contributed by atoms with Gasteiger partial charge in [0.1, 0.15) is 5.75 Å². The van der Waals surface area contributed by atoms with Crippen LogP contribution in [0.25, 0.3) is 0 Å². The van der Waals surface area contributed by atoms with Crippen molar-refractivity contribution >= 4 is 11.5 Å². The summed E-state index contributed by atoms with van der Waals surface area (Å²) in [6.07, 6.45) is 2.27. The lowest BCUT2D eigenvalue weighted by atomic mass is 10.1. The van der Waals surface area contributed by atoms with Gasteiger partial charge in [-0.15, -0.1) is 0 Å². The van der Waals surface area contributed by atoms with Crippen LogP contribution < -0.4 is 9.64 Å². The van der Waals surface area contributed by atoms with Gasteiger partial charge in [0.05, 0.1) is 12.0 Å². The summed E-state index contributed by atoms with van der Waals surface area (Å²) >= 11 is 0. The highest BCUT2D eigenvalue weighted by molar-refractivity contribution is 5.56. The van der Waals surface area contributed by atoms with Crippen LogP contribution in [0.4, 0.5) is 11.5 Å². The van der Waals surface area contributed by atoms with E-state index in [0.29, 0.717) is 18.8 Å². The van der Waals surface area contributed by atoms with Crippen LogP contribution >= 0.6 is 0 Å². The Bertz CT molecular complexity index is 631. The number of likely N-dealkylation sites (N-methyl/N-ethyl adjacent to an activating group) is 1.